The molecule has 0 spiro atoms. The standard InChI is InChI=1S/C11H15NO2/c1-3-9(4-2)10-6-5-7-11(8-10)12(13)14/h5-9H,3-4H2,1-2H3. The van der Waals surface area contributed by atoms with Crippen LogP contribution in [0.1, 0.15) is 38.2 Å². The molecule has 0 aromatic heterocycles. The van der Waals surface area contributed by atoms with E-state index >= 15 is 0 Å². The third kappa shape index (κ3) is 2.31. The lowest BCUT2D eigenvalue weighted by molar-refractivity contribution is -0.384. The van der Waals surface area contributed by atoms with E-state index in [4.69, 9.17) is 0 Å². The maximum Gasteiger partial charge on any atom is 0.269 e. The van der Waals surface area contributed by atoms with Gasteiger partial charge in [0, 0.05) is 12.1 Å². The van der Waals surface area contributed by atoms with Gasteiger partial charge in [0.15, 0.2) is 0 Å². The third-order valence-corrected chi connectivity index (χ3v) is 2.54. The second-order valence-corrected chi connectivity index (χ2v) is 3.37. The zero-order valence-corrected chi connectivity index (χ0v) is 8.56. The van der Waals surface area contributed by atoms with Crippen molar-refractivity contribution in [3.05, 3.63) is 39.9 Å². The Morgan fingerprint density at radius 1 is 1.36 bits per heavy atom. The lowest BCUT2D eigenvalue weighted by Crippen LogP contribution is -1.96. The lowest BCUT2D eigenvalue weighted by Gasteiger charge is -2.11. The van der Waals surface area contributed by atoms with E-state index in [1.807, 2.05) is 6.07 Å². The van der Waals surface area contributed by atoms with E-state index < -0.39 is 0 Å². The number of hydrogen-bond acceptors (Lipinski definition) is 2. The molecular formula is C11H15NO2. The highest BCUT2D eigenvalue weighted by molar-refractivity contribution is 5.35. The van der Waals surface area contributed by atoms with Crippen LogP contribution in [0, 0.1) is 10.1 Å². The molecule has 1 rings (SSSR count). The first-order valence-electron chi connectivity index (χ1n) is 4.93. The summed E-state index contributed by atoms with van der Waals surface area (Å²) in [7, 11) is 0. The lowest BCUT2D eigenvalue weighted by atomic mass is 9.94. The van der Waals surface area contributed by atoms with Gasteiger partial charge in [-0.25, -0.2) is 0 Å². The highest BCUT2D eigenvalue weighted by Gasteiger charge is 2.11. The van der Waals surface area contributed by atoms with Crippen LogP contribution in [0.5, 0.6) is 0 Å². The van der Waals surface area contributed by atoms with E-state index in [1.54, 1.807) is 12.1 Å². The number of benzene rings is 1. The van der Waals surface area contributed by atoms with Gasteiger partial charge in [0.1, 0.15) is 0 Å². The van der Waals surface area contributed by atoms with Crippen LogP contribution >= 0.6 is 0 Å². The van der Waals surface area contributed by atoms with Crippen molar-refractivity contribution in [2.75, 3.05) is 0 Å². The number of rotatable bonds is 4. The second-order valence-electron chi connectivity index (χ2n) is 3.37. The molecule has 3 heteroatoms. The summed E-state index contributed by atoms with van der Waals surface area (Å²) in [4.78, 5) is 10.2. The van der Waals surface area contributed by atoms with Crippen LogP contribution in [-0.4, -0.2) is 4.92 Å². The Morgan fingerprint density at radius 2 is 2.00 bits per heavy atom. The van der Waals surface area contributed by atoms with Gasteiger partial charge in [-0.15, -0.1) is 0 Å². The molecule has 0 heterocycles. The van der Waals surface area contributed by atoms with Crippen molar-refractivity contribution in [3.63, 3.8) is 0 Å². The minimum Gasteiger partial charge on any atom is -0.258 e. The Labute approximate surface area is 83.9 Å². The molecule has 0 atom stereocenters. The summed E-state index contributed by atoms with van der Waals surface area (Å²) in [6, 6.07) is 6.93. The molecule has 0 N–H and O–H groups in total. The fourth-order valence-electron chi connectivity index (χ4n) is 1.65. The first kappa shape index (κ1) is 10.7. The Bertz CT molecular complexity index is 319. The predicted octanol–water partition coefficient (Wildman–Crippen LogP) is 3.50. The zero-order chi connectivity index (χ0) is 10.6. The summed E-state index contributed by atoms with van der Waals surface area (Å²) in [5, 5.41) is 10.6. The molecule has 0 aliphatic rings. The molecule has 0 unspecified atom stereocenters. The van der Waals surface area contributed by atoms with Crippen LogP contribution in [0.2, 0.25) is 0 Å². The summed E-state index contributed by atoms with van der Waals surface area (Å²) >= 11 is 0. The Balaban J connectivity index is 2.98. The van der Waals surface area contributed by atoms with E-state index in [0.29, 0.717) is 5.92 Å². The summed E-state index contributed by atoms with van der Waals surface area (Å²) in [5.41, 5.74) is 1.26. The van der Waals surface area contributed by atoms with Gasteiger partial charge >= 0.3 is 0 Å². The molecule has 0 bridgehead atoms. The molecule has 76 valence electrons. The fourth-order valence-corrected chi connectivity index (χ4v) is 1.65. The van der Waals surface area contributed by atoms with Crippen LogP contribution < -0.4 is 0 Å². The average molecular weight is 193 g/mol. The number of nitro groups is 1. The highest BCUT2D eigenvalue weighted by atomic mass is 16.6. The van der Waals surface area contributed by atoms with Gasteiger partial charge in [-0.2, -0.15) is 0 Å². The van der Waals surface area contributed by atoms with Crippen LogP contribution in [0.4, 0.5) is 5.69 Å². The number of hydrogen-bond donors (Lipinski definition) is 0. The summed E-state index contributed by atoms with van der Waals surface area (Å²) in [5.74, 6) is 0.440. The molecule has 0 aliphatic heterocycles. The molecule has 0 amide bonds. The van der Waals surface area contributed by atoms with Gasteiger partial charge in [-0.1, -0.05) is 26.0 Å². The monoisotopic (exact) mass is 193 g/mol. The van der Waals surface area contributed by atoms with Crippen LogP contribution in [0.25, 0.3) is 0 Å². The molecule has 1 aromatic carbocycles. The van der Waals surface area contributed by atoms with Gasteiger partial charge in [0.2, 0.25) is 0 Å². The van der Waals surface area contributed by atoms with E-state index in [9.17, 15) is 10.1 Å². The van der Waals surface area contributed by atoms with Gasteiger partial charge in [-0.3, -0.25) is 10.1 Å². The van der Waals surface area contributed by atoms with Crippen LogP contribution in [0.3, 0.4) is 0 Å². The average Bonchev–Trinajstić information content (AvgIpc) is 2.20. The Kier molecular flexibility index (Phi) is 3.63. The summed E-state index contributed by atoms with van der Waals surface area (Å²) < 4.78 is 0. The minimum absolute atomic E-state index is 0.189. The zero-order valence-electron chi connectivity index (χ0n) is 8.56. The number of nitro benzene ring substituents is 1. The quantitative estimate of drug-likeness (QED) is 0.542. The number of non-ortho nitro benzene ring substituents is 1. The van der Waals surface area contributed by atoms with E-state index in [-0.39, 0.29) is 10.6 Å². The molecule has 0 aliphatic carbocycles. The van der Waals surface area contributed by atoms with E-state index in [2.05, 4.69) is 13.8 Å². The van der Waals surface area contributed by atoms with Crippen molar-refractivity contribution in [2.45, 2.75) is 32.6 Å². The van der Waals surface area contributed by atoms with E-state index in [1.165, 1.54) is 6.07 Å². The molecule has 14 heavy (non-hydrogen) atoms. The van der Waals surface area contributed by atoms with Crippen molar-refractivity contribution in [2.24, 2.45) is 0 Å². The second kappa shape index (κ2) is 4.74. The fraction of sp³-hybridized carbons (Fsp3) is 0.455. The summed E-state index contributed by atoms with van der Waals surface area (Å²) in [6.07, 6.45) is 2.05. The smallest absolute Gasteiger partial charge is 0.258 e. The topological polar surface area (TPSA) is 43.1 Å². The first-order chi connectivity index (χ1) is 6.69. The van der Waals surface area contributed by atoms with Crippen LogP contribution in [0.15, 0.2) is 24.3 Å². The van der Waals surface area contributed by atoms with Gasteiger partial charge in [0.05, 0.1) is 4.92 Å². The Hall–Kier alpha value is -1.38. The minimum atomic E-state index is -0.341. The maximum absolute atomic E-state index is 10.6. The molecule has 0 radical (unpaired) electrons. The molecule has 0 fully saturated rings. The van der Waals surface area contributed by atoms with E-state index in [0.717, 1.165) is 18.4 Å². The molecular weight excluding hydrogens is 178 g/mol. The molecule has 0 saturated heterocycles. The normalized spacial score (nSPS) is 10.5. The van der Waals surface area contributed by atoms with Gasteiger partial charge in [-0.05, 0) is 24.3 Å². The maximum atomic E-state index is 10.6. The third-order valence-electron chi connectivity index (χ3n) is 2.54. The largest absolute Gasteiger partial charge is 0.269 e. The number of nitrogens with zero attached hydrogens (tertiary/aromatic N) is 1. The van der Waals surface area contributed by atoms with Crippen molar-refractivity contribution in [1.82, 2.24) is 0 Å². The highest BCUT2D eigenvalue weighted by Crippen LogP contribution is 2.25. The first-order valence-corrected chi connectivity index (χ1v) is 4.93. The SMILES string of the molecule is CCC(CC)c1cccc([N+](=O)[O-])c1. The predicted molar refractivity (Wildman–Crippen MR) is 56.4 cm³/mol. The van der Waals surface area contributed by atoms with Crippen LogP contribution in [-0.2, 0) is 0 Å². The van der Waals surface area contributed by atoms with Crippen molar-refractivity contribution in [1.29, 1.82) is 0 Å². The molecule has 0 saturated carbocycles. The molecule has 3 nitrogen and oxygen atoms in total. The van der Waals surface area contributed by atoms with Crippen molar-refractivity contribution >= 4 is 5.69 Å². The Morgan fingerprint density at radius 3 is 2.50 bits per heavy atom. The van der Waals surface area contributed by atoms with Crippen molar-refractivity contribution < 1.29 is 4.92 Å². The van der Waals surface area contributed by atoms with Gasteiger partial charge < -0.3 is 0 Å². The van der Waals surface area contributed by atoms with Gasteiger partial charge in [0.25, 0.3) is 5.69 Å². The summed E-state index contributed by atoms with van der Waals surface area (Å²) in [6.45, 7) is 4.21. The molecule has 1 aromatic rings. The van der Waals surface area contributed by atoms with Crippen molar-refractivity contribution in [3.8, 4) is 0 Å².